The number of halogens is 4. The predicted molar refractivity (Wildman–Crippen MR) is 119 cm³/mol. The maximum Gasteiger partial charge on any atom is 0.248 e. The Kier molecular flexibility index (Phi) is 6.84. The molecule has 3 N–H and O–H groups in total. The molecular formula is C19H15Cl4N3OS. The van der Waals surface area contributed by atoms with Crippen LogP contribution in [0.25, 0.3) is 0 Å². The van der Waals surface area contributed by atoms with Gasteiger partial charge in [-0.3, -0.25) is 4.79 Å². The number of carbonyl (C=O) groups is 1. The van der Waals surface area contributed by atoms with Crippen molar-refractivity contribution in [2.24, 2.45) is 10.7 Å². The van der Waals surface area contributed by atoms with E-state index in [1.165, 1.54) is 11.8 Å². The van der Waals surface area contributed by atoms with Crippen LogP contribution in [0, 0.1) is 0 Å². The molecule has 146 valence electrons. The van der Waals surface area contributed by atoms with E-state index in [4.69, 9.17) is 52.1 Å². The molecule has 0 bridgehead atoms. The van der Waals surface area contributed by atoms with Crippen molar-refractivity contribution in [1.29, 1.82) is 0 Å². The van der Waals surface area contributed by atoms with Crippen LogP contribution in [0.4, 0.5) is 0 Å². The van der Waals surface area contributed by atoms with Crippen LogP contribution >= 0.6 is 58.2 Å². The fourth-order valence-corrected chi connectivity index (χ4v) is 4.70. The van der Waals surface area contributed by atoms with E-state index in [9.17, 15) is 4.79 Å². The summed E-state index contributed by atoms with van der Waals surface area (Å²) >= 11 is 26.1. The van der Waals surface area contributed by atoms with Gasteiger partial charge in [0.1, 0.15) is 6.04 Å². The molecule has 28 heavy (non-hydrogen) atoms. The number of amides is 1. The number of aliphatic imine (C=N–C) groups is 1. The van der Waals surface area contributed by atoms with E-state index in [0.29, 0.717) is 47.8 Å². The standard InChI is InChI=1S/C19H15Cl4N3OS/c1-9-15(18(24)27)17(12-3-2-4-13(21)16(12)23)26-19(25-9)28-8-10-5-6-11(20)7-14(10)22/h2-7,17H,8H2,1H3,(H2,24,27)(H,25,26)/t17-/m1/s1. The zero-order chi connectivity index (χ0) is 20.4. The maximum atomic E-state index is 12.0. The lowest BCUT2D eigenvalue weighted by Gasteiger charge is -2.26. The molecule has 2 aromatic carbocycles. The van der Waals surface area contributed by atoms with Crippen molar-refractivity contribution >= 4 is 69.2 Å². The number of thioether (sulfide) groups is 1. The van der Waals surface area contributed by atoms with Gasteiger partial charge in [-0.15, -0.1) is 0 Å². The van der Waals surface area contributed by atoms with Gasteiger partial charge in [-0.1, -0.05) is 76.4 Å². The lowest BCUT2D eigenvalue weighted by atomic mass is 9.96. The molecule has 1 atom stereocenters. The molecule has 0 saturated carbocycles. The fourth-order valence-electron chi connectivity index (χ4n) is 2.78. The van der Waals surface area contributed by atoms with Crippen LogP contribution in [0.5, 0.6) is 0 Å². The number of nitrogens with two attached hydrogens (primary N) is 1. The van der Waals surface area contributed by atoms with Gasteiger partial charge in [0.25, 0.3) is 0 Å². The fraction of sp³-hybridized carbons (Fsp3) is 0.158. The summed E-state index contributed by atoms with van der Waals surface area (Å²) in [7, 11) is 0. The lowest BCUT2D eigenvalue weighted by Crippen LogP contribution is -2.32. The molecule has 4 nitrogen and oxygen atoms in total. The van der Waals surface area contributed by atoms with E-state index in [1.54, 1.807) is 37.3 Å². The Morgan fingerprint density at radius 2 is 1.93 bits per heavy atom. The minimum atomic E-state index is -0.645. The molecule has 1 aliphatic heterocycles. The van der Waals surface area contributed by atoms with E-state index in [2.05, 4.69) is 10.3 Å². The van der Waals surface area contributed by atoms with Gasteiger partial charge in [0.05, 0.1) is 15.6 Å². The van der Waals surface area contributed by atoms with Crippen molar-refractivity contribution in [2.45, 2.75) is 18.7 Å². The van der Waals surface area contributed by atoms with Crippen LogP contribution < -0.4 is 11.1 Å². The van der Waals surface area contributed by atoms with E-state index in [1.807, 2.05) is 6.07 Å². The van der Waals surface area contributed by atoms with Gasteiger partial charge in [0.2, 0.25) is 5.91 Å². The smallest absolute Gasteiger partial charge is 0.248 e. The normalized spacial score (nSPS) is 16.6. The Hall–Kier alpha value is -1.37. The summed E-state index contributed by atoms with van der Waals surface area (Å²) in [4.78, 5) is 16.7. The summed E-state index contributed by atoms with van der Waals surface area (Å²) < 4.78 is 0. The molecule has 0 radical (unpaired) electrons. The van der Waals surface area contributed by atoms with E-state index >= 15 is 0 Å². The highest BCUT2D eigenvalue weighted by Crippen LogP contribution is 2.38. The third kappa shape index (κ3) is 4.61. The molecule has 0 fully saturated rings. The minimum Gasteiger partial charge on any atom is -0.366 e. The number of amidine groups is 1. The van der Waals surface area contributed by atoms with Crippen LogP contribution in [-0.4, -0.2) is 11.1 Å². The third-order valence-electron chi connectivity index (χ3n) is 4.14. The number of hydrogen-bond acceptors (Lipinski definition) is 4. The third-order valence-corrected chi connectivity index (χ3v) is 6.50. The van der Waals surface area contributed by atoms with Gasteiger partial charge >= 0.3 is 0 Å². The average molecular weight is 475 g/mol. The van der Waals surface area contributed by atoms with Crippen molar-refractivity contribution < 1.29 is 4.79 Å². The summed E-state index contributed by atoms with van der Waals surface area (Å²) in [5.41, 5.74) is 8.10. The van der Waals surface area contributed by atoms with Crippen LogP contribution in [0.1, 0.15) is 24.1 Å². The van der Waals surface area contributed by atoms with Crippen LogP contribution in [0.2, 0.25) is 20.1 Å². The van der Waals surface area contributed by atoms with Crippen LogP contribution in [0.3, 0.4) is 0 Å². The number of benzene rings is 2. The lowest BCUT2D eigenvalue weighted by molar-refractivity contribution is -0.114. The Bertz CT molecular complexity index is 1010. The molecule has 1 heterocycles. The van der Waals surface area contributed by atoms with Crippen molar-refractivity contribution in [3.8, 4) is 0 Å². The predicted octanol–water partition coefficient (Wildman–Crippen LogP) is 5.99. The zero-order valence-corrected chi connectivity index (χ0v) is 18.4. The monoisotopic (exact) mass is 473 g/mol. The first-order chi connectivity index (χ1) is 13.3. The Morgan fingerprint density at radius 1 is 1.18 bits per heavy atom. The topological polar surface area (TPSA) is 67.5 Å². The summed E-state index contributed by atoms with van der Waals surface area (Å²) in [5.74, 6) is -0.00334. The minimum absolute atomic E-state index is 0.344. The number of nitrogens with zero attached hydrogens (tertiary/aromatic N) is 1. The highest BCUT2D eigenvalue weighted by Gasteiger charge is 2.30. The van der Waals surface area contributed by atoms with Gasteiger partial charge < -0.3 is 11.1 Å². The molecule has 1 aliphatic rings. The molecule has 0 aliphatic carbocycles. The molecule has 0 saturated heterocycles. The van der Waals surface area contributed by atoms with Crippen molar-refractivity contribution in [3.05, 3.63) is 78.9 Å². The van der Waals surface area contributed by atoms with Crippen LogP contribution in [0.15, 0.2) is 52.7 Å². The second kappa shape index (κ2) is 8.97. The SMILES string of the molecule is CC1=C(C(N)=O)[C@@H](c2cccc(Cl)c2Cl)N=C(SCc2ccc(Cl)cc2Cl)N1. The molecule has 2 aromatic rings. The second-order valence-corrected chi connectivity index (χ2v) is 8.63. The molecule has 9 heteroatoms. The van der Waals surface area contributed by atoms with Crippen LogP contribution in [-0.2, 0) is 10.5 Å². The quantitative estimate of drug-likeness (QED) is 0.571. The summed E-state index contributed by atoms with van der Waals surface area (Å²) in [6, 6.07) is 9.91. The second-order valence-electron chi connectivity index (χ2n) is 6.03. The van der Waals surface area contributed by atoms with Gasteiger partial charge in [-0.25, -0.2) is 4.99 Å². The summed E-state index contributed by atoms with van der Waals surface area (Å²) in [6.07, 6.45) is 0. The molecule has 0 spiro atoms. The number of carbonyl (C=O) groups excluding carboxylic acids is 1. The number of hydrogen-bond donors (Lipinski definition) is 2. The first-order valence-electron chi connectivity index (χ1n) is 8.14. The average Bonchev–Trinajstić information content (AvgIpc) is 2.62. The van der Waals surface area contributed by atoms with E-state index in [0.717, 1.165) is 5.56 Å². The number of rotatable bonds is 4. The summed E-state index contributed by atoms with van der Waals surface area (Å²) in [6.45, 7) is 1.77. The number of nitrogens with one attached hydrogen (secondary N) is 1. The van der Waals surface area contributed by atoms with Gasteiger partial charge in [0, 0.05) is 27.1 Å². The van der Waals surface area contributed by atoms with Crippen molar-refractivity contribution in [2.75, 3.05) is 0 Å². The highest BCUT2D eigenvalue weighted by molar-refractivity contribution is 8.13. The molecule has 3 rings (SSSR count). The molecule has 1 amide bonds. The van der Waals surface area contributed by atoms with Gasteiger partial charge in [-0.05, 0) is 30.7 Å². The number of allylic oxidation sites excluding steroid dienone is 1. The molecule has 0 aromatic heterocycles. The van der Waals surface area contributed by atoms with Crippen molar-refractivity contribution in [3.63, 3.8) is 0 Å². The maximum absolute atomic E-state index is 12.0. The largest absolute Gasteiger partial charge is 0.366 e. The molecule has 0 unspecified atom stereocenters. The highest BCUT2D eigenvalue weighted by atomic mass is 35.5. The Balaban J connectivity index is 1.93. The number of primary amides is 1. The van der Waals surface area contributed by atoms with Gasteiger partial charge in [0.15, 0.2) is 5.17 Å². The Labute approximate surface area is 187 Å². The van der Waals surface area contributed by atoms with Gasteiger partial charge in [-0.2, -0.15) is 0 Å². The first-order valence-corrected chi connectivity index (χ1v) is 10.6. The first kappa shape index (κ1) is 21.3. The summed E-state index contributed by atoms with van der Waals surface area (Å²) in [5, 5.41) is 5.63. The van der Waals surface area contributed by atoms with E-state index in [-0.39, 0.29) is 0 Å². The molecular weight excluding hydrogens is 460 g/mol. The zero-order valence-electron chi connectivity index (χ0n) is 14.6. The van der Waals surface area contributed by atoms with Crippen molar-refractivity contribution in [1.82, 2.24) is 5.32 Å². The Morgan fingerprint density at radius 3 is 2.61 bits per heavy atom. The van der Waals surface area contributed by atoms with E-state index < -0.39 is 11.9 Å².